The number of carbonyl (C=O) groups is 1. The third-order valence-electron chi connectivity index (χ3n) is 3.11. The van der Waals surface area contributed by atoms with Crippen LogP contribution in [0.15, 0.2) is 41.1 Å². The molecule has 0 radical (unpaired) electrons. The van der Waals surface area contributed by atoms with Crippen LogP contribution in [-0.4, -0.2) is 31.4 Å². The van der Waals surface area contributed by atoms with E-state index in [1.807, 2.05) is 19.5 Å². The average molecular weight is 309 g/mol. The smallest absolute Gasteiger partial charge is 0.251 e. The summed E-state index contributed by atoms with van der Waals surface area (Å²) in [5, 5.41) is 7.76. The average Bonchev–Trinajstić information content (AvgIpc) is 2.93. The molecule has 5 heteroatoms. The molecule has 0 aliphatic heterocycles. The van der Waals surface area contributed by atoms with Crippen molar-refractivity contribution in [3.63, 3.8) is 0 Å². The van der Waals surface area contributed by atoms with Crippen LogP contribution in [0.4, 0.5) is 0 Å². The summed E-state index contributed by atoms with van der Waals surface area (Å²) in [6, 6.07) is 9.17. The van der Waals surface area contributed by atoms with E-state index < -0.39 is 0 Å². The number of rotatable bonds is 5. The Hall–Kier alpha value is -1.36. The SMILES string of the molecule is CN(C)C(CNC(=O)c1ccc(Cl)cc1)c1ccsc1. The van der Waals surface area contributed by atoms with Crippen molar-refractivity contribution >= 4 is 28.8 Å². The highest BCUT2D eigenvalue weighted by Gasteiger charge is 2.16. The van der Waals surface area contributed by atoms with Crippen LogP contribution in [0, 0.1) is 0 Å². The molecule has 1 N–H and O–H groups in total. The zero-order valence-corrected chi connectivity index (χ0v) is 13.0. The molecule has 106 valence electrons. The van der Waals surface area contributed by atoms with Crippen molar-refractivity contribution in [2.75, 3.05) is 20.6 Å². The second-order valence-electron chi connectivity index (χ2n) is 4.75. The largest absolute Gasteiger partial charge is 0.350 e. The summed E-state index contributed by atoms with van der Waals surface area (Å²) in [7, 11) is 4.02. The normalized spacial score (nSPS) is 12.4. The maximum absolute atomic E-state index is 12.1. The summed E-state index contributed by atoms with van der Waals surface area (Å²) >= 11 is 7.48. The lowest BCUT2D eigenvalue weighted by Gasteiger charge is -2.24. The fourth-order valence-electron chi connectivity index (χ4n) is 1.96. The first-order chi connectivity index (χ1) is 9.58. The van der Waals surface area contributed by atoms with Gasteiger partial charge in [0.25, 0.3) is 5.91 Å². The van der Waals surface area contributed by atoms with Crippen molar-refractivity contribution in [3.8, 4) is 0 Å². The van der Waals surface area contributed by atoms with Crippen molar-refractivity contribution < 1.29 is 4.79 Å². The number of benzene rings is 1. The molecular formula is C15H17ClN2OS. The van der Waals surface area contributed by atoms with E-state index in [4.69, 9.17) is 11.6 Å². The van der Waals surface area contributed by atoms with Gasteiger partial charge in [-0.15, -0.1) is 0 Å². The van der Waals surface area contributed by atoms with Gasteiger partial charge in [-0.2, -0.15) is 11.3 Å². The Kier molecular flexibility index (Phi) is 5.17. The molecule has 0 bridgehead atoms. The van der Waals surface area contributed by atoms with Gasteiger partial charge >= 0.3 is 0 Å². The molecule has 1 aromatic heterocycles. The Bertz CT molecular complexity index is 552. The molecule has 3 nitrogen and oxygen atoms in total. The Balaban J connectivity index is 1.99. The van der Waals surface area contributed by atoms with Gasteiger partial charge < -0.3 is 10.2 Å². The lowest BCUT2D eigenvalue weighted by Crippen LogP contribution is -2.34. The van der Waals surface area contributed by atoms with E-state index >= 15 is 0 Å². The van der Waals surface area contributed by atoms with Gasteiger partial charge in [0.1, 0.15) is 0 Å². The van der Waals surface area contributed by atoms with Crippen LogP contribution >= 0.6 is 22.9 Å². The summed E-state index contributed by atoms with van der Waals surface area (Å²) < 4.78 is 0. The van der Waals surface area contributed by atoms with Gasteiger partial charge in [-0.25, -0.2) is 0 Å². The molecule has 0 aliphatic rings. The Morgan fingerprint density at radius 1 is 1.30 bits per heavy atom. The van der Waals surface area contributed by atoms with Crippen LogP contribution in [0.25, 0.3) is 0 Å². The van der Waals surface area contributed by atoms with Crippen LogP contribution in [0.1, 0.15) is 22.0 Å². The third kappa shape index (κ3) is 3.82. The van der Waals surface area contributed by atoms with Gasteiger partial charge in [-0.1, -0.05) is 11.6 Å². The second-order valence-corrected chi connectivity index (χ2v) is 5.97. The minimum Gasteiger partial charge on any atom is -0.350 e. The molecule has 2 rings (SSSR count). The lowest BCUT2D eigenvalue weighted by atomic mass is 10.1. The predicted molar refractivity (Wildman–Crippen MR) is 84.5 cm³/mol. The van der Waals surface area contributed by atoms with Crippen LogP contribution in [-0.2, 0) is 0 Å². The van der Waals surface area contributed by atoms with Crippen LogP contribution in [0.3, 0.4) is 0 Å². The number of hydrogen-bond acceptors (Lipinski definition) is 3. The third-order valence-corrected chi connectivity index (χ3v) is 4.07. The van der Waals surface area contributed by atoms with Crippen molar-refractivity contribution in [3.05, 3.63) is 57.2 Å². The van der Waals surface area contributed by atoms with E-state index in [1.165, 1.54) is 5.56 Å². The Morgan fingerprint density at radius 3 is 2.55 bits per heavy atom. The molecule has 0 spiro atoms. The number of halogens is 1. The van der Waals surface area contributed by atoms with Crippen molar-refractivity contribution in [1.82, 2.24) is 10.2 Å². The topological polar surface area (TPSA) is 32.3 Å². The molecule has 1 aromatic carbocycles. The predicted octanol–water partition coefficient (Wildman–Crippen LogP) is 3.43. The number of hydrogen-bond donors (Lipinski definition) is 1. The fourth-order valence-corrected chi connectivity index (χ4v) is 2.79. The summed E-state index contributed by atoms with van der Waals surface area (Å²) in [5.74, 6) is -0.0799. The summed E-state index contributed by atoms with van der Waals surface area (Å²) in [5.41, 5.74) is 1.84. The first kappa shape index (κ1) is 15.0. The lowest BCUT2D eigenvalue weighted by molar-refractivity contribution is 0.0942. The zero-order chi connectivity index (χ0) is 14.5. The highest BCUT2D eigenvalue weighted by atomic mass is 35.5. The summed E-state index contributed by atoms with van der Waals surface area (Å²) in [6.07, 6.45) is 0. The molecule has 1 amide bonds. The molecule has 0 fully saturated rings. The van der Waals surface area contributed by atoms with E-state index in [-0.39, 0.29) is 11.9 Å². The first-order valence-corrected chi connectivity index (χ1v) is 7.62. The van der Waals surface area contributed by atoms with Crippen molar-refractivity contribution in [2.45, 2.75) is 6.04 Å². The number of thiophene rings is 1. The molecule has 20 heavy (non-hydrogen) atoms. The molecule has 0 saturated heterocycles. The Labute approximate surface area is 128 Å². The Morgan fingerprint density at radius 2 is 2.00 bits per heavy atom. The summed E-state index contributed by atoms with van der Waals surface area (Å²) in [6.45, 7) is 0.575. The maximum Gasteiger partial charge on any atom is 0.251 e. The molecule has 0 saturated carbocycles. The van der Waals surface area contributed by atoms with E-state index in [1.54, 1.807) is 35.6 Å². The van der Waals surface area contributed by atoms with Crippen LogP contribution < -0.4 is 5.32 Å². The van der Waals surface area contributed by atoms with Crippen molar-refractivity contribution in [1.29, 1.82) is 0 Å². The maximum atomic E-state index is 12.1. The van der Waals surface area contributed by atoms with Gasteiger partial charge in [0.2, 0.25) is 0 Å². The number of nitrogens with zero attached hydrogens (tertiary/aromatic N) is 1. The van der Waals surface area contributed by atoms with E-state index in [0.29, 0.717) is 17.1 Å². The highest BCUT2D eigenvalue weighted by Crippen LogP contribution is 2.20. The molecular weight excluding hydrogens is 292 g/mol. The minimum absolute atomic E-state index is 0.0799. The number of nitrogens with one attached hydrogen (secondary N) is 1. The van der Waals surface area contributed by atoms with Gasteiger partial charge in [-0.05, 0) is 60.8 Å². The minimum atomic E-state index is -0.0799. The van der Waals surface area contributed by atoms with Crippen molar-refractivity contribution in [2.24, 2.45) is 0 Å². The second kappa shape index (κ2) is 6.88. The standard InChI is InChI=1S/C15H17ClN2OS/c1-18(2)14(12-7-8-20-10-12)9-17-15(19)11-3-5-13(16)6-4-11/h3-8,10,14H,9H2,1-2H3,(H,17,19). The van der Waals surface area contributed by atoms with Gasteiger partial charge in [0.15, 0.2) is 0 Å². The van der Waals surface area contributed by atoms with Crippen LogP contribution in [0.5, 0.6) is 0 Å². The van der Waals surface area contributed by atoms with Gasteiger partial charge in [-0.3, -0.25) is 4.79 Å². The first-order valence-electron chi connectivity index (χ1n) is 6.30. The molecule has 1 heterocycles. The number of carbonyl (C=O) groups excluding carboxylic acids is 1. The molecule has 0 aliphatic carbocycles. The number of amides is 1. The molecule has 2 aromatic rings. The zero-order valence-electron chi connectivity index (χ0n) is 11.5. The van der Waals surface area contributed by atoms with E-state index in [9.17, 15) is 4.79 Å². The fraction of sp³-hybridized carbons (Fsp3) is 0.267. The quantitative estimate of drug-likeness (QED) is 0.918. The molecule has 1 atom stereocenters. The monoisotopic (exact) mass is 308 g/mol. The van der Waals surface area contributed by atoms with Gasteiger partial charge in [0.05, 0.1) is 6.04 Å². The molecule has 1 unspecified atom stereocenters. The number of likely N-dealkylation sites (N-methyl/N-ethyl adjacent to an activating group) is 1. The van der Waals surface area contributed by atoms with Gasteiger partial charge in [0, 0.05) is 17.1 Å². The highest BCUT2D eigenvalue weighted by molar-refractivity contribution is 7.07. The summed E-state index contributed by atoms with van der Waals surface area (Å²) in [4.78, 5) is 14.2. The van der Waals surface area contributed by atoms with E-state index in [2.05, 4.69) is 21.7 Å². The van der Waals surface area contributed by atoms with Crippen LogP contribution in [0.2, 0.25) is 5.02 Å². The van der Waals surface area contributed by atoms with E-state index in [0.717, 1.165) is 0 Å².